The summed E-state index contributed by atoms with van der Waals surface area (Å²) in [5.41, 5.74) is 5.98. The molecule has 4 nitrogen and oxygen atoms in total. The standard InChI is InChI=1S/C8H12N2O2/c1-6(9)4-10-8(11)7-2-3-12-5-7/h2-3,5-6H,4,9H2,1H3,(H,10,11). The van der Waals surface area contributed by atoms with Gasteiger partial charge in [-0.3, -0.25) is 4.79 Å². The third kappa shape index (κ3) is 2.39. The summed E-state index contributed by atoms with van der Waals surface area (Å²) in [6.45, 7) is 2.31. The predicted molar refractivity (Wildman–Crippen MR) is 44.7 cm³/mol. The molecular weight excluding hydrogens is 156 g/mol. The molecule has 1 aromatic rings. The first kappa shape index (κ1) is 8.80. The highest BCUT2D eigenvalue weighted by molar-refractivity contribution is 5.93. The van der Waals surface area contributed by atoms with Gasteiger partial charge in [0.1, 0.15) is 6.26 Å². The minimum absolute atomic E-state index is 0.0270. The zero-order valence-electron chi connectivity index (χ0n) is 6.91. The predicted octanol–water partition coefficient (Wildman–Crippen LogP) is 0.357. The number of hydrogen-bond donors (Lipinski definition) is 2. The molecular formula is C8H12N2O2. The van der Waals surface area contributed by atoms with Crippen LogP contribution in [0.2, 0.25) is 0 Å². The van der Waals surface area contributed by atoms with Crippen molar-refractivity contribution in [2.75, 3.05) is 6.54 Å². The first-order valence-electron chi connectivity index (χ1n) is 3.76. The van der Waals surface area contributed by atoms with E-state index < -0.39 is 0 Å². The summed E-state index contributed by atoms with van der Waals surface area (Å²) in [6.07, 6.45) is 2.86. The van der Waals surface area contributed by atoms with E-state index in [1.165, 1.54) is 12.5 Å². The Bertz CT molecular complexity index is 242. The second kappa shape index (κ2) is 3.92. The van der Waals surface area contributed by atoms with E-state index in [4.69, 9.17) is 10.2 Å². The van der Waals surface area contributed by atoms with Crippen LogP contribution in [-0.2, 0) is 0 Å². The topological polar surface area (TPSA) is 68.3 Å². The maximum absolute atomic E-state index is 11.2. The molecule has 3 N–H and O–H groups in total. The third-order valence-corrected chi connectivity index (χ3v) is 1.37. The number of nitrogens with two attached hydrogens (primary N) is 1. The SMILES string of the molecule is CC(N)CNC(=O)c1ccoc1. The Hall–Kier alpha value is -1.29. The summed E-state index contributed by atoms with van der Waals surface area (Å²) in [5.74, 6) is -0.152. The van der Waals surface area contributed by atoms with Gasteiger partial charge in [0.2, 0.25) is 0 Å². The Kier molecular flexibility index (Phi) is 2.88. The van der Waals surface area contributed by atoms with Gasteiger partial charge in [-0.25, -0.2) is 0 Å². The number of furan rings is 1. The molecule has 0 radical (unpaired) electrons. The Morgan fingerprint density at radius 1 is 1.83 bits per heavy atom. The molecule has 1 atom stereocenters. The van der Waals surface area contributed by atoms with Gasteiger partial charge < -0.3 is 15.5 Å². The van der Waals surface area contributed by atoms with Crippen LogP contribution in [0.4, 0.5) is 0 Å². The van der Waals surface area contributed by atoms with Crippen molar-refractivity contribution in [3.05, 3.63) is 24.2 Å². The van der Waals surface area contributed by atoms with Gasteiger partial charge in [-0.1, -0.05) is 0 Å². The highest BCUT2D eigenvalue weighted by Gasteiger charge is 2.05. The Labute approximate surface area is 70.7 Å². The molecule has 1 unspecified atom stereocenters. The quantitative estimate of drug-likeness (QED) is 0.684. The molecule has 0 aliphatic heterocycles. The summed E-state index contributed by atoms with van der Waals surface area (Å²) >= 11 is 0. The molecule has 66 valence electrons. The lowest BCUT2D eigenvalue weighted by atomic mass is 10.3. The molecule has 1 amide bonds. The molecule has 0 aliphatic carbocycles. The number of nitrogens with one attached hydrogen (secondary N) is 1. The fourth-order valence-corrected chi connectivity index (χ4v) is 0.749. The minimum atomic E-state index is -0.152. The lowest BCUT2D eigenvalue weighted by Crippen LogP contribution is -2.34. The first-order valence-corrected chi connectivity index (χ1v) is 3.76. The lowest BCUT2D eigenvalue weighted by molar-refractivity contribution is 0.0951. The van der Waals surface area contributed by atoms with Gasteiger partial charge in [-0.05, 0) is 13.0 Å². The highest BCUT2D eigenvalue weighted by atomic mass is 16.3. The van der Waals surface area contributed by atoms with Crippen LogP contribution in [0.25, 0.3) is 0 Å². The minimum Gasteiger partial charge on any atom is -0.472 e. The maximum atomic E-state index is 11.2. The van der Waals surface area contributed by atoms with E-state index in [1.54, 1.807) is 6.07 Å². The number of carbonyl (C=O) groups is 1. The highest BCUT2D eigenvalue weighted by Crippen LogP contribution is 1.98. The largest absolute Gasteiger partial charge is 0.472 e. The van der Waals surface area contributed by atoms with Gasteiger partial charge in [0.15, 0.2) is 0 Å². The lowest BCUT2D eigenvalue weighted by Gasteiger charge is -2.05. The molecule has 1 rings (SSSR count). The summed E-state index contributed by atoms with van der Waals surface area (Å²) < 4.78 is 4.75. The van der Waals surface area contributed by atoms with Gasteiger partial charge in [0.05, 0.1) is 11.8 Å². The molecule has 0 saturated heterocycles. The first-order chi connectivity index (χ1) is 5.70. The van der Waals surface area contributed by atoms with Crippen molar-refractivity contribution in [3.8, 4) is 0 Å². The zero-order chi connectivity index (χ0) is 8.97. The number of carbonyl (C=O) groups excluding carboxylic acids is 1. The molecule has 0 aromatic carbocycles. The Morgan fingerprint density at radius 3 is 3.08 bits per heavy atom. The van der Waals surface area contributed by atoms with E-state index in [9.17, 15) is 4.79 Å². The summed E-state index contributed by atoms with van der Waals surface area (Å²) in [4.78, 5) is 11.2. The monoisotopic (exact) mass is 168 g/mol. The van der Waals surface area contributed by atoms with Crippen molar-refractivity contribution in [1.82, 2.24) is 5.32 Å². The van der Waals surface area contributed by atoms with Crippen LogP contribution in [0.5, 0.6) is 0 Å². The molecule has 0 saturated carbocycles. The van der Waals surface area contributed by atoms with Crippen molar-refractivity contribution < 1.29 is 9.21 Å². The molecule has 4 heteroatoms. The van der Waals surface area contributed by atoms with Crippen molar-refractivity contribution in [2.45, 2.75) is 13.0 Å². The molecule has 0 aliphatic rings. The van der Waals surface area contributed by atoms with Crippen molar-refractivity contribution >= 4 is 5.91 Å². The average molecular weight is 168 g/mol. The molecule has 1 heterocycles. The summed E-state index contributed by atoms with van der Waals surface area (Å²) in [5, 5.41) is 2.66. The van der Waals surface area contributed by atoms with Gasteiger partial charge in [0.25, 0.3) is 5.91 Å². The van der Waals surface area contributed by atoms with E-state index in [-0.39, 0.29) is 11.9 Å². The normalized spacial score (nSPS) is 12.5. The van der Waals surface area contributed by atoms with Gasteiger partial charge >= 0.3 is 0 Å². The van der Waals surface area contributed by atoms with Crippen molar-refractivity contribution in [3.63, 3.8) is 0 Å². The number of hydrogen-bond acceptors (Lipinski definition) is 3. The Balaban J connectivity index is 2.40. The van der Waals surface area contributed by atoms with Crippen LogP contribution < -0.4 is 11.1 Å². The van der Waals surface area contributed by atoms with Gasteiger partial charge in [0, 0.05) is 12.6 Å². The van der Waals surface area contributed by atoms with Crippen molar-refractivity contribution in [1.29, 1.82) is 0 Å². The molecule has 0 spiro atoms. The maximum Gasteiger partial charge on any atom is 0.254 e. The van der Waals surface area contributed by atoms with Crippen LogP contribution in [-0.4, -0.2) is 18.5 Å². The second-order valence-corrected chi connectivity index (χ2v) is 2.70. The molecule has 0 fully saturated rings. The fraction of sp³-hybridized carbons (Fsp3) is 0.375. The van der Waals surface area contributed by atoms with Crippen LogP contribution in [0, 0.1) is 0 Å². The molecule has 12 heavy (non-hydrogen) atoms. The zero-order valence-corrected chi connectivity index (χ0v) is 6.91. The number of amides is 1. The average Bonchev–Trinajstić information content (AvgIpc) is 2.51. The van der Waals surface area contributed by atoms with Crippen LogP contribution in [0.3, 0.4) is 0 Å². The smallest absolute Gasteiger partial charge is 0.254 e. The van der Waals surface area contributed by atoms with Gasteiger partial charge in [-0.2, -0.15) is 0 Å². The summed E-state index contributed by atoms with van der Waals surface area (Å²) in [6, 6.07) is 1.58. The second-order valence-electron chi connectivity index (χ2n) is 2.70. The van der Waals surface area contributed by atoms with E-state index in [0.29, 0.717) is 12.1 Å². The summed E-state index contributed by atoms with van der Waals surface area (Å²) in [7, 11) is 0. The van der Waals surface area contributed by atoms with Crippen LogP contribution >= 0.6 is 0 Å². The Morgan fingerprint density at radius 2 is 2.58 bits per heavy atom. The van der Waals surface area contributed by atoms with Gasteiger partial charge in [-0.15, -0.1) is 0 Å². The fourth-order valence-electron chi connectivity index (χ4n) is 0.749. The van der Waals surface area contributed by atoms with Crippen LogP contribution in [0.1, 0.15) is 17.3 Å². The molecule has 0 bridgehead atoms. The van der Waals surface area contributed by atoms with E-state index >= 15 is 0 Å². The number of rotatable bonds is 3. The van der Waals surface area contributed by atoms with Crippen molar-refractivity contribution in [2.24, 2.45) is 5.73 Å². The van der Waals surface area contributed by atoms with E-state index in [0.717, 1.165) is 0 Å². The van der Waals surface area contributed by atoms with Crippen LogP contribution in [0.15, 0.2) is 23.0 Å². The molecule has 1 aromatic heterocycles. The van der Waals surface area contributed by atoms with E-state index in [2.05, 4.69) is 5.32 Å². The third-order valence-electron chi connectivity index (χ3n) is 1.37. The van der Waals surface area contributed by atoms with E-state index in [1.807, 2.05) is 6.92 Å².